The fourth-order valence-electron chi connectivity index (χ4n) is 0.409. The zero-order valence-corrected chi connectivity index (χ0v) is 8.69. The van der Waals surface area contributed by atoms with E-state index in [1.807, 2.05) is 13.8 Å². The maximum Gasteiger partial charge on any atom is 0.0848 e. The molecule has 0 spiro atoms. The van der Waals surface area contributed by atoms with Crippen molar-refractivity contribution in [3.63, 3.8) is 0 Å². The summed E-state index contributed by atoms with van der Waals surface area (Å²) in [6.45, 7) is 11.2. The third-order valence-electron chi connectivity index (χ3n) is 0.801. The molecule has 1 unspecified atom stereocenters. The van der Waals surface area contributed by atoms with E-state index in [9.17, 15) is 4.21 Å². The van der Waals surface area contributed by atoms with Crippen LogP contribution in [0.1, 0.15) is 13.8 Å². The van der Waals surface area contributed by atoms with Gasteiger partial charge in [-0.2, -0.15) is 0 Å². The molecule has 0 aliphatic rings. The van der Waals surface area contributed by atoms with Gasteiger partial charge in [-0.15, -0.1) is 0 Å². The first kappa shape index (κ1) is 11.0. The second kappa shape index (κ2) is 5.61. The predicted molar refractivity (Wildman–Crippen MR) is 55.1 cm³/mol. The Morgan fingerprint density at radius 2 is 1.91 bits per heavy atom. The van der Waals surface area contributed by atoms with E-state index >= 15 is 0 Å². The highest BCUT2D eigenvalue weighted by molar-refractivity contribution is 8.69. The lowest BCUT2D eigenvalue weighted by Crippen LogP contribution is -1.94. The molecule has 0 bridgehead atoms. The van der Waals surface area contributed by atoms with Crippen LogP contribution in [0.15, 0.2) is 24.3 Å². The molecule has 0 heterocycles. The van der Waals surface area contributed by atoms with Crippen LogP contribution in [0.25, 0.3) is 0 Å². The Balaban J connectivity index is 3.53. The quantitative estimate of drug-likeness (QED) is 0.489. The van der Waals surface area contributed by atoms with Crippen LogP contribution in [-0.4, -0.2) is 15.7 Å². The summed E-state index contributed by atoms with van der Waals surface area (Å²) in [5.74, 6) is 1.37. The molecule has 0 aromatic carbocycles. The Morgan fingerprint density at radius 1 is 1.36 bits per heavy atom. The molecule has 0 radical (unpaired) electrons. The third kappa shape index (κ3) is 7.88. The molecule has 0 aromatic rings. The zero-order valence-electron chi connectivity index (χ0n) is 7.05. The monoisotopic (exact) mass is 190 g/mol. The van der Waals surface area contributed by atoms with Gasteiger partial charge in [-0.1, -0.05) is 35.1 Å². The molecule has 0 aromatic heterocycles. The molecular formula is C8H14OS2. The van der Waals surface area contributed by atoms with Gasteiger partial charge in [-0.05, 0) is 13.8 Å². The first-order chi connectivity index (χ1) is 5.02. The Labute approximate surface area is 74.8 Å². The van der Waals surface area contributed by atoms with Crippen LogP contribution in [0.5, 0.6) is 0 Å². The normalized spacial score (nSPS) is 12.5. The maximum atomic E-state index is 11.1. The van der Waals surface area contributed by atoms with Crippen LogP contribution in [0.2, 0.25) is 0 Å². The topological polar surface area (TPSA) is 17.1 Å². The van der Waals surface area contributed by atoms with E-state index in [1.54, 1.807) is 0 Å². The van der Waals surface area contributed by atoms with E-state index < -0.39 is 9.83 Å². The minimum Gasteiger partial charge on any atom is -0.248 e. The Morgan fingerprint density at radius 3 is 2.27 bits per heavy atom. The zero-order chi connectivity index (χ0) is 8.85. The highest BCUT2D eigenvalue weighted by Crippen LogP contribution is 2.12. The van der Waals surface area contributed by atoms with Crippen molar-refractivity contribution in [2.24, 2.45) is 0 Å². The van der Waals surface area contributed by atoms with E-state index in [0.29, 0.717) is 5.75 Å². The van der Waals surface area contributed by atoms with Crippen LogP contribution in [-0.2, 0) is 9.83 Å². The van der Waals surface area contributed by atoms with Gasteiger partial charge in [-0.25, -0.2) is 4.21 Å². The molecule has 0 aliphatic heterocycles. The first-order valence-electron chi connectivity index (χ1n) is 3.32. The largest absolute Gasteiger partial charge is 0.248 e. The summed E-state index contributed by atoms with van der Waals surface area (Å²) in [6, 6.07) is 0. The van der Waals surface area contributed by atoms with Gasteiger partial charge in [0.15, 0.2) is 0 Å². The van der Waals surface area contributed by atoms with E-state index in [-0.39, 0.29) is 0 Å². The van der Waals surface area contributed by atoms with Crippen LogP contribution in [0.3, 0.4) is 0 Å². The highest BCUT2D eigenvalue weighted by atomic mass is 33.1. The lowest BCUT2D eigenvalue weighted by molar-refractivity contribution is 0.693. The van der Waals surface area contributed by atoms with Crippen molar-refractivity contribution in [1.29, 1.82) is 0 Å². The van der Waals surface area contributed by atoms with Crippen molar-refractivity contribution in [3.8, 4) is 0 Å². The first-order valence-corrected chi connectivity index (χ1v) is 6.15. The summed E-state index contributed by atoms with van der Waals surface area (Å²) in [5.41, 5.74) is 2.03. The Hall–Kier alpha value is -0.0200. The molecule has 1 atom stereocenters. The van der Waals surface area contributed by atoms with Crippen molar-refractivity contribution in [2.75, 3.05) is 11.5 Å². The Kier molecular flexibility index (Phi) is 5.60. The van der Waals surface area contributed by atoms with E-state index in [1.165, 1.54) is 10.8 Å². The molecule has 0 saturated carbocycles. The predicted octanol–water partition coefficient (Wildman–Crippen LogP) is 2.54. The van der Waals surface area contributed by atoms with Gasteiger partial charge in [0.2, 0.25) is 0 Å². The summed E-state index contributed by atoms with van der Waals surface area (Å²) in [4.78, 5) is 0. The van der Waals surface area contributed by atoms with Gasteiger partial charge in [0.1, 0.15) is 0 Å². The van der Waals surface area contributed by atoms with Crippen LogP contribution in [0, 0.1) is 0 Å². The number of hydrogen-bond acceptors (Lipinski definition) is 2. The molecule has 0 fully saturated rings. The van der Waals surface area contributed by atoms with E-state index in [4.69, 9.17) is 0 Å². The fraction of sp³-hybridized carbons (Fsp3) is 0.500. The van der Waals surface area contributed by atoms with Gasteiger partial charge in [0, 0.05) is 5.75 Å². The summed E-state index contributed by atoms with van der Waals surface area (Å²) in [7, 11) is 0.610. The number of rotatable bonds is 5. The minimum atomic E-state index is -0.814. The second-order valence-corrected chi connectivity index (χ2v) is 5.87. The maximum absolute atomic E-state index is 11.1. The van der Waals surface area contributed by atoms with Crippen molar-refractivity contribution in [2.45, 2.75) is 13.8 Å². The third-order valence-corrected chi connectivity index (χ3v) is 3.90. The van der Waals surface area contributed by atoms with Crippen molar-refractivity contribution >= 4 is 20.6 Å². The molecular weight excluding hydrogens is 176 g/mol. The highest BCUT2D eigenvalue weighted by Gasteiger charge is 1.99. The van der Waals surface area contributed by atoms with Gasteiger partial charge in [-0.3, -0.25) is 0 Å². The second-order valence-electron chi connectivity index (χ2n) is 2.62. The molecule has 0 saturated heterocycles. The van der Waals surface area contributed by atoms with E-state index in [0.717, 1.165) is 16.9 Å². The van der Waals surface area contributed by atoms with Crippen LogP contribution in [0.4, 0.5) is 0 Å². The van der Waals surface area contributed by atoms with Gasteiger partial charge < -0.3 is 0 Å². The summed E-state index contributed by atoms with van der Waals surface area (Å²) < 4.78 is 11.1. The summed E-state index contributed by atoms with van der Waals surface area (Å²) in [6.07, 6.45) is 0. The molecule has 3 heteroatoms. The minimum absolute atomic E-state index is 0.595. The van der Waals surface area contributed by atoms with Crippen molar-refractivity contribution < 1.29 is 4.21 Å². The average Bonchev–Trinajstić information content (AvgIpc) is 1.82. The van der Waals surface area contributed by atoms with Gasteiger partial charge in [0.05, 0.1) is 15.6 Å². The van der Waals surface area contributed by atoms with Gasteiger partial charge >= 0.3 is 0 Å². The lowest BCUT2D eigenvalue weighted by atomic mass is 10.4. The van der Waals surface area contributed by atoms with Crippen molar-refractivity contribution in [3.05, 3.63) is 24.3 Å². The molecule has 1 nitrogen and oxygen atoms in total. The lowest BCUT2D eigenvalue weighted by Gasteiger charge is -1.99. The van der Waals surface area contributed by atoms with Crippen LogP contribution < -0.4 is 0 Å². The standard InChI is InChI=1S/C8H14OS2/c1-7(2)5-10-11(9)6-8(3)4/h1,3,5-6H2,2,4H3. The van der Waals surface area contributed by atoms with Crippen molar-refractivity contribution in [1.82, 2.24) is 0 Å². The average molecular weight is 190 g/mol. The molecule has 11 heavy (non-hydrogen) atoms. The van der Waals surface area contributed by atoms with Gasteiger partial charge in [0.25, 0.3) is 0 Å². The molecule has 64 valence electrons. The molecule has 0 amide bonds. The number of hydrogen-bond donors (Lipinski definition) is 0. The SMILES string of the molecule is C=C(C)CSS(=O)CC(=C)C. The Bertz CT molecular complexity index is 185. The molecule has 0 N–H and O–H groups in total. The van der Waals surface area contributed by atoms with E-state index in [2.05, 4.69) is 13.2 Å². The summed E-state index contributed by atoms with van der Waals surface area (Å²) >= 11 is 0. The molecule has 0 aliphatic carbocycles. The smallest absolute Gasteiger partial charge is 0.0848 e. The summed E-state index contributed by atoms with van der Waals surface area (Å²) in [5, 5.41) is 0. The van der Waals surface area contributed by atoms with Crippen LogP contribution >= 0.6 is 10.8 Å². The fourth-order valence-corrected chi connectivity index (χ4v) is 3.08. The molecule has 0 rings (SSSR count).